The molecule has 0 saturated carbocycles. The Hall–Kier alpha value is -1.18. The normalized spacial score (nSPS) is 10.2. The van der Waals surface area contributed by atoms with Crippen LogP contribution in [0.2, 0.25) is 0 Å². The van der Waals surface area contributed by atoms with Crippen molar-refractivity contribution in [1.82, 2.24) is 0 Å². The topological polar surface area (TPSA) is 80.3 Å². The van der Waals surface area contributed by atoms with Gasteiger partial charge in [0, 0.05) is 13.2 Å². The lowest BCUT2D eigenvalue weighted by molar-refractivity contribution is -0.151. The highest BCUT2D eigenvalue weighted by Crippen LogP contribution is 1.85. The first-order chi connectivity index (χ1) is 9.20. The molecule has 0 amide bonds. The van der Waals surface area contributed by atoms with Crippen LogP contribution >= 0.6 is 0 Å². The zero-order valence-corrected chi connectivity index (χ0v) is 11.5. The summed E-state index contributed by atoms with van der Waals surface area (Å²) >= 11 is 0. The van der Waals surface area contributed by atoms with Crippen LogP contribution in [0.5, 0.6) is 0 Å². The summed E-state index contributed by atoms with van der Waals surface area (Å²) in [4.78, 5) is 22.0. The lowest BCUT2D eigenvalue weighted by atomic mass is 10.6. The molecule has 0 atom stereocenters. The first-order valence-electron chi connectivity index (χ1n) is 6.25. The molecule has 7 nitrogen and oxygen atoms in total. The van der Waals surface area contributed by atoms with Crippen LogP contribution in [0.4, 0.5) is 0 Å². The Labute approximate surface area is 113 Å². The Bertz CT molecular complexity index is 218. The summed E-state index contributed by atoms with van der Waals surface area (Å²) < 4.78 is 24.5. The van der Waals surface area contributed by atoms with Gasteiger partial charge in [0.2, 0.25) is 0 Å². The Morgan fingerprint density at radius 2 is 1.11 bits per heavy atom. The second-order valence-corrected chi connectivity index (χ2v) is 3.33. The molecule has 112 valence electrons. The molecular formula is C12H22O7. The van der Waals surface area contributed by atoms with Gasteiger partial charge in [0.05, 0.1) is 13.2 Å². The predicted molar refractivity (Wildman–Crippen MR) is 65.7 cm³/mol. The van der Waals surface area contributed by atoms with Crippen molar-refractivity contribution in [3.8, 4) is 0 Å². The van der Waals surface area contributed by atoms with Gasteiger partial charge in [-0.2, -0.15) is 0 Å². The average Bonchev–Trinajstić information content (AvgIpc) is 2.41. The molecule has 0 aromatic rings. The van der Waals surface area contributed by atoms with E-state index < -0.39 is 11.9 Å². The minimum Gasteiger partial charge on any atom is -0.462 e. The van der Waals surface area contributed by atoms with E-state index in [1.807, 2.05) is 0 Å². The number of carbonyl (C=O) groups excluding carboxylic acids is 2. The maximum absolute atomic E-state index is 11.0. The maximum Gasteiger partial charge on any atom is 0.332 e. The van der Waals surface area contributed by atoms with E-state index in [2.05, 4.69) is 0 Å². The summed E-state index contributed by atoms with van der Waals surface area (Å²) in [6.45, 7) is 5.24. The van der Waals surface area contributed by atoms with Crippen molar-refractivity contribution >= 4 is 11.9 Å². The summed E-state index contributed by atoms with van der Waals surface area (Å²) in [5.74, 6) is -0.845. The number of esters is 2. The van der Waals surface area contributed by atoms with E-state index in [4.69, 9.17) is 23.7 Å². The second kappa shape index (κ2) is 13.3. The van der Waals surface area contributed by atoms with Gasteiger partial charge in [-0.3, -0.25) is 0 Å². The molecule has 0 aromatic carbocycles. The third kappa shape index (κ3) is 13.1. The van der Waals surface area contributed by atoms with Crippen LogP contribution in [0.15, 0.2) is 0 Å². The Kier molecular flexibility index (Phi) is 12.4. The average molecular weight is 278 g/mol. The number of hydrogen-bond donors (Lipinski definition) is 0. The van der Waals surface area contributed by atoms with E-state index in [-0.39, 0.29) is 39.6 Å². The van der Waals surface area contributed by atoms with Gasteiger partial charge in [-0.1, -0.05) is 0 Å². The minimum atomic E-state index is -0.423. The SMILES string of the molecule is CCOCC(=O)OCCOCCOC(=O)COCC. The van der Waals surface area contributed by atoms with Crippen molar-refractivity contribution in [2.75, 3.05) is 52.9 Å². The van der Waals surface area contributed by atoms with E-state index >= 15 is 0 Å². The van der Waals surface area contributed by atoms with E-state index in [9.17, 15) is 9.59 Å². The quantitative estimate of drug-likeness (QED) is 0.371. The number of carbonyl (C=O) groups is 2. The summed E-state index contributed by atoms with van der Waals surface area (Å²) in [6, 6.07) is 0. The monoisotopic (exact) mass is 278 g/mol. The van der Waals surface area contributed by atoms with Crippen molar-refractivity contribution in [1.29, 1.82) is 0 Å². The fraction of sp³-hybridized carbons (Fsp3) is 0.833. The van der Waals surface area contributed by atoms with Gasteiger partial charge in [-0.15, -0.1) is 0 Å². The molecule has 0 heterocycles. The number of ether oxygens (including phenoxy) is 5. The lowest BCUT2D eigenvalue weighted by Crippen LogP contribution is -2.18. The fourth-order valence-electron chi connectivity index (χ4n) is 0.985. The summed E-state index contributed by atoms with van der Waals surface area (Å²) in [6.07, 6.45) is 0. The molecule has 19 heavy (non-hydrogen) atoms. The van der Waals surface area contributed by atoms with E-state index in [1.54, 1.807) is 13.8 Å². The highest BCUT2D eigenvalue weighted by molar-refractivity contribution is 5.70. The molecule has 0 aliphatic rings. The van der Waals surface area contributed by atoms with Crippen LogP contribution < -0.4 is 0 Å². The third-order valence-corrected chi connectivity index (χ3v) is 1.83. The van der Waals surface area contributed by atoms with Crippen LogP contribution in [-0.4, -0.2) is 64.8 Å². The smallest absolute Gasteiger partial charge is 0.332 e. The largest absolute Gasteiger partial charge is 0.462 e. The summed E-state index contributed by atoms with van der Waals surface area (Å²) in [5, 5.41) is 0. The predicted octanol–water partition coefficient (Wildman–Crippen LogP) is 0.162. The molecule has 0 fully saturated rings. The molecule has 0 N–H and O–H groups in total. The van der Waals surface area contributed by atoms with Gasteiger partial charge < -0.3 is 23.7 Å². The van der Waals surface area contributed by atoms with Gasteiger partial charge in [-0.05, 0) is 13.8 Å². The van der Waals surface area contributed by atoms with Gasteiger partial charge in [0.1, 0.15) is 26.4 Å². The van der Waals surface area contributed by atoms with Crippen LogP contribution in [0.25, 0.3) is 0 Å². The van der Waals surface area contributed by atoms with Crippen molar-refractivity contribution in [3.05, 3.63) is 0 Å². The van der Waals surface area contributed by atoms with Gasteiger partial charge in [0.25, 0.3) is 0 Å². The standard InChI is InChI=1S/C12H22O7/c1-3-15-9-11(13)18-7-5-17-6-8-19-12(14)10-16-4-2/h3-10H2,1-2H3. The number of hydrogen-bond acceptors (Lipinski definition) is 7. The van der Waals surface area contributed by atoms with Crippen molar-refractivity contribution in [2.45, 2.75) is 13.8 Å². The summed E-state index contributed by atoms with van der Waals surface area (Å²) in [7, 11) is 0. The van der Waals surface area contributed by atoms with E-state index in [1.165, 1.54) is 0 Å². The zero-order chi connectivity index (χ0) is 14.3. The zero-order valence-electron chi connectivity index (χ0n) is 11.5. The molecule has 0 rings (SSSR count). The van der Waals surface area contributed by atoms with Crippen LogP contribution in [0.1, 0.15) is 13.8 Å². The van der Waals surface area contributed by atoms with Gasteiger partial charge in [0.15, 0.2) is 0 Å². The molecule has 0 aliphatic carbocycles. The van der Waals surface area contributed by atoms with E-state index in [0.29, 0.717) is 13.2 Å². The summed E-state index contributed by atoms with van der Waals surface area (Å²) in [5.41, 5.74) is 0. The minimum absolute atomic E-state index is 0.0501. The van der Waals surface area contributed by atoms with Gasteiger partial charge in [-0.25, -0.2) is 9.59 Å². The van der Waals surface area contributed by atoms with Crippen molar-refractivity contribution in [3.63, 3.8) is 0 Å². The van der Waals surface area contributed by atoms with Crippen LogP contribution in [0, 0.1) is 0 Å². The molecule has 0 unspecified atom stereocenters. The Morgan fingerprint density at radius 1 is 0.684 bits per heavy atom. The number of rotatable bonds is 12. The highest BCUT2D eigenvalue weighted by Gasteiger charge is 2.03. The first kappa shape index (κ1) is 17.8. The van der Waals surface area contributed by atoms with Gasteiger partial charge >= 0.3 is 11.9 Å². The molecule has 0 aliphatic heterocycles. The lowest BCUT2D eigenvalue weighted by Gasteiger charge is -2.07. The molecule has 0 bridgehead atoms. The van der Waals surface area contributed by atoms with Crippen molar-refractivity contribution in [2.24, 2.45) is 0 Å². The Morgan fingerprint density at radius 3 is 1.47 bits per heavy atom. The highest BCUT2D eigenvalue weighted by atomic mass is 16.6. The maximum atomic E-state index is 11.0. The van der Waals surface area contributed by atoms with Crippen LogP contribution in [-0.2, 0) is 33.3 Å². The van der Waals surface area contributed by atoms with Crippen LogP contribution in [0.3, 0.4) is 0 Å². The molecule has 0 aromatic heterocycles. The molecule has 0 radical (unpaired) electrons. The Balaban J connectivity index is 3.22. The fourth-order valence-corrected chi connectivity index (χ4v) is 0.985. The van der Waals surface area contributed by atoms with E-state index in [0.717, 1.165) is 0 Å². The molecule has 7 heteroatoms. The first-order valence-corrected chi connectivity index (χ1v) is 6.25. The third-order valence-electron chi connectivity index (χ3n) is 1.83. The second-order valence-electron chi connectivity index (χ2n) is 3.33. The molecule has 0 spiro atoms. The molecular weight excluding hydrogens is 256 g/mol. The molecule has 0 saturated heterocycles. The van der Waals surface area contributed by atoms with Crippen molar-refractivity contribution < 1.29 is 33.3 Å².